The summed E-state index contributed by atoms with van der Waals surface area (Å²) in [5.74, 6) is 0.976. The molecule has 0 bridgehead atoms. The molecule has 8 nitrogen and oxygen atoms in total. The number of piperidine rings is 1. The van der Waals surface area contributed by atoms with E-state index in [1.807, 2.05) is 0 Å². The van der Waals surface area contributed by atoms with Gasteiger partial charge in [-0.05, 0) is 30.9 Å². The Morgan fingerprint density at radius 3 is 2.63 bits per heavy atom. The fourth-order valence-corrected chi connectivity index (χ4v) is 2.69. The summed E-state index contributed by atoms with van der Waals surface area (Å²) < 4.78 is 35.5. The van der Waals surface area contributed by atoms with E-state index in [2.05, 4.69) is 14.5 Å². The van der Waals surface area contributed by atoms with Crippen molar-refractivity contribution in [2.24, 2.45) is 5.73 Å². The Bertz CT molecular complexity index is 508. The summed E-state index contributed by atoms with van der Waals surface area (Å²) in [4.78, 5) is 2.16. The van der Waals surface area contributed by atoms with Gasteiger partial charge in [0.15, 0.2) is 0 Å². The quantitative estimate of drug-likeness (QED) is 0.469. The summed E-state index contributed by atoms with van der Waals surface area (Å²) in [6.07, 6.45) is 4.58. The van der Waals surface area contributed by atoms with Gasteiger partial charge in [-0.15, -0.1) is 0 Å². The zero-order valence-corrected chi connectivity index (χ0v) is 11.6. The van der Waals surface area contributed by atoms with Gasteiger partial charge in [0.05, 0.1) is 6.08 Å². The van der Waals surface area contributed by atoms with Crippen molar-refractivity contribution >= 4 is 16.2 Å². The number of hydrogen-bond acceptors (Lipinski definition) is 6. The Morgan fingerprint density at radius 1 is 1.47 bits per heavy atom. The summed E-state index contributed by atoms with van der Waals surface area (Å²) in [6, 6.07) is 0. The minimum absolute atomic E-state index is 0.129. The van der Waals surface area contributed by atoms with Crippen molar-refractivity contribution in [2.45, 2.75) is 32.4 Å². The predicted octanol–water partition coefficient (Wildman–Crippen LogP) is -0.633. The Hall–Kier alpha value is -1.48. The van der Waals surface area contributed by atoms with E-state index in [9.17, 15) is 8.42 Å². The molecule has 0 aromatic carbocycles. The van der Waals surface area contributed by atoms with Gasteiger partial charge in [0.25, 0.3) is 0 Å². The summed E-state index contributed by atoms with van der Waals surface area (Å²) in [7, 11) is -4.59. The lowest BCUT2D eigenvalue weighted by Gasteiger charge is -2.33. The van der Waals surface area contributed by atoms with Crippen LogP contribution in [0.2, 0.25) is 0 Å². The number of amidine groups is 1. The van der Waals surface area contributed by atoms with E-state index in [4.69, 9.17) is 10.3 Å². The van der Waals surface area contributed by atoms with Crippen molar-refractivity contribution in [3.8, 4) is 0 Å². The molecule has 2 aliphatic heterocycles. The molecular weight excluding hydrogens is 272 g/mol. The van der Waals surface area contributed by atoms with Crippen LogP contribution in [0.15, 0.2) is 11.9 Å². The maximum atomic E-state index is 10.7. The summed E-state index contributed by atoms with van der Waals surface area (Å²) in [5.41, 5.74) is 5.77. The second-order valence-corrected chi connectivity index (χ2v) is 5.66. The lowest BCUT2D eigenvalue weighted by molar-refractivity contribution is -0.774. The summed E-state index contributed by atoms with van der Waals surface area (Å²) >= 11 is 0. The van der Waals surface area contributed by atoms with Gasteiger partial charge in [0.2, 0.25) is 6.17 Å². The molecule has 1 unspecified atom stereocenters. The van der Waals surface area contributed by atoms with E-state index in [0.29, 0.717) is 0 Å². The SMILES string of the molecule is CC1NC(N2CCCCC2)=CC(N)=[N+]1OS(=O)(=O)O. The maximum Gasteiger partial charge on any atom is 0.481 e. The Balaban J connectivity index is 2.20. The van der Waals surface area contributed by atoms with Crippen LogP contribution in [0.25, 0.3) is 0 Å². The van der Waals surface area contributed by atoms with Gasteiger partial charge in [-0.1, -0.05) is 0 Å². The van der Waals surface area contributed by atoms with Crippen LogP contribution in [0.4, 0.5) is 0 Å². The van der Waals surface area contributed by atoms with Crippen molar-refractivity contribution in [1.29, 1.82) is 0 Å². The van der Waals surface area contributed by atoms with E-state index < -0.39 is 16.6 Å². The molecule has 2 rings (SSSR count). The molecule has 1 fully saturated rings. The van der Waals surface area contributed by atoms with Crippen molar-refractivity contribution in [3.63, 3.8) is 0 Å². The van der Waals surface area contributed by atoms with Crippen LogP contribution in [0.5, 0.6) is 0 Å². The summed E-state index contributed by atoms with van der Waals surface area (Å²) in [6.45, 7) is 3.57. The fourth-order valence-electron chi connectivity index (χ4n) is 2.27. The summed E-state index contributed by atoms with van der Waals surface area (Å²) in [5, 5.41) is 3.10. The second-order valence-electron chi connectivity index (χ2n) is 4.65. The Labute approximate surface area is 112 Å². The highest BCUT2D eigenvalue weighted by Gasteiger charge is 2.30. The van der Waals surface area contributed by atoms with Crippen molar-refractivity contribution in [3.05, 3.63) is 11.9 Å². The molecule has 0 saturated carbocycles. The van der Waals surface area contributed by atoms with Gasteiger partial charge in [0.1, 0.15) is 5.82 Å². The standard InChI is InChI=1S/C10H18N4O4S/c1-8-12-10(13-5-3-2-4-6-13)7-9(11)14(8)18-19(15,16)17/h7-8H,2-6H2,1H3,(H3,11,12,15,16,17)/p+1. The van der Waals surface area contributed by atoms with Crippen LogP contribution in [0, 0.1) is 0 Å². The van der Waals surface area contributed by atoms with Crippen molar-refractivity contribution < 1.29 is 22.0 Å². The molecule has 2 aliphatic rings. The third-order valence-electron chi connectivity index (χ3n) is 3.12. The molecule has 2 heterocycles. The molecule has 0 amide bonds. The van der Waals surface area contributed by atoms with Gasteiger partial charge in [-0.3, -0.25) is 10.3 Å². The zero-order valence-electron chi connectivity index (χ0n) is 10.7. The van der Waals surface area contributed by atoms with E-state index in [1.54, 1.807) is 13.0 Å². The highest BCUT2D eigenvalue weighted by atomic mass is 32.3. The minimum atomic E-state index is -4.59. The molecule has 108 valence electrons. The van der Waals surface area contributed by atoms with E-state index in [-0.39, 0.29) is 5.84 Å². The highest BCUT2D eigenvalue weighted by molar-refractivity contribution is 7.80. The Kier molecular flexibility index (Phi) is 3.85. The molecule has 1 atom stereocenters. The third-order valence-corrected chi connectivity index (χ3v) is 3.47. The van der Waals surface area contributed by atoms with Crippen LogP contribution < -0.4 is 11.1 Å². The lowest BCUT2D eigenvalue weighted by atomic mass is 10.1. The van der Waals surface area contributed by atoms with Gasteiger partial charge in [-0.2, -0.15) is 12.7 Å². The molecule has 4 N–H and O–H groups in total. The van der Waals surface area contributed by atoms with Gasteiger partial charge < -0.3 is 10.2 Å². The van der Waals surface area contributed by atoms with Gasteiger partial charge in [-0.25, -0.2) is 0 Å². The monoisotopic (exact) mass is 291 g/mol. The average Bonchev–Trinajstić information content (AvgIpc) is 2.33. The lowest BCUT2D eigenvalue weighted by Crippen LogP contribution is -2.51. The van der Waals surface area contributed by atoms with E-state index in [1.165, 1.54) is 6.42 Å². The van der Waals surface area contributed by atoms with Gasteiger partial charge in [0, 0.05) is 13.1 Å². The molecule has 1 saturated heterocycles. The zero-order chi connectivity index (χ0) is 14.0. The van der Waals surface area contributed by atoms with Crippen LogP contribution in [-0.4, -0.2) is 47.7 Å². The van der Waals surface area contributed by atoms with Crippen molar-refractivity contribution in [2.75, 3.05) is 13.1 Å². The second kappa shape index (κ2) is 5.25. The first-order chi connectivity index (χ1) is 8.87. The first-order valence-corrected chi connectivity index (χ1v) is 7.55. The van der Waals surface area contributed by atoms with E-state index >= 15 is 0 Å². The largest absolute Gasteiger partial charge is 0.481 e. The molecule has 0 aliphatic carbocycles. The molecule has 0 aromatic rings. The molecule has 0 spiro atoms. The number of rotatable bonds is 3. The predicted molar refractivity (Wildman–Crippen MR) is 68.2 cm³/mol. The van der Waals surface area contributed by atoms with Crippen LogP contribution in [0.3, 0.4) is 0 Å². The number of hydrogen-bond donors (Lipinski definition) is 3. The molecule has 0 aromatic heterocycles. The van der Waals surface area contributed by atoms with E-state index in [0.717, 1.165) is 36.5 Å². The number of nitrogens with zero attached hydrogens (tertiary/aromatic N) is 2. The first kappa shape index (κ1) is 13.9. The number of hydroxylamine groups is 1. The smallest absolute Gasteiger partial charge is 0.358 e. The van der Waals surface area contributed by atoms with Gasteiger partial charge >= 0.3 is 16.2 Å². The first-order valence-electron chi connectivity index (χ1n) is 6.19. The third kappa shape index (κ3) is 3.51. The van der Waals surface area contributed by atoms with Crippen LogP contribution >= 0.6 is 0 Å². The highest BCUT2D eigenvalue weighted by Crippen LogP contribution is 2.15. The normalized spacial score (nSPS) is 24.8. The molecular formula is C10H19N4O4S+. The molecule has 19 heavy (non-hydrogen) atoms. The van der Waals surface area contributed by atoms with Crippen LogP contribution in [-0.2, 0) is 14.7 Å². The minimum Gasteiger partial charge on any atom is -0.358 e. The molecule has 9 heteroatoms. The molecule has 0 radical (unpaired) electrons. The number of likely N-dealkylation sites (tertiary alicyclic amines) is 1. The van der Waals surface area contributed by atoms with Crippen molar-refractivity contribution in [1.82, 2.24) is 10.2 Å². The fraction of sp³-hybridized carbons (Fsp3) is 0.700. The average molecular weight is 291 g/mol. The topological polar surface area (TPSA) is 108 Å². The number of nitrogens with one attached hydrogen (secondary N) is 1. The maximum absolute atomic E-state index is 10.7. The Morgan fingerprint density at radius 2 is 2.11 bits per heavy atom. The van der Waals surface area contributed by atoms with Crippen LogP contribution in [0.1, 0.15) is 26.2 Å². The number of nitrogens with two attached hydrogens (primary N) is 1.